The molecule has 1 atom stereocenters. The first-order valence-electron chi connectivity index (χ1n) is 13.7. The number of nitrogens with one attached hydrogen (secondary N) is 1. The van der Waals surface area contributed by atoms with E-state index in [-0.39, 0.29) is 23.7 Å². The smallest absolute Gasteiger partial charge is 0.312 e. The maximum Gasteiger partial charge on any atom is 0.312 e. The third-order valence-corrected chi connectivity index (χ3v) is 8.15. The summed E-state index contributed by atoms with van der Waals surface area (Å²) in [5.41, 5.74) is -1.97. The van der Waals surface area contributed by atoms with Crippen LogP contribution in [0, 0.1) is 5.82 Å². The molecular weight excluding hydrogens is 639 g/mol. The van der Waals surface area contributed by atoms with Gasteiger partial charge in [-0.05, 0) is 69.0 Å². The van der Waals surface area contributed by atoms with E-state index in [2.05, 4.69) is 31.2 Å². The second-order valence-electron chi connectivity index (χ2n) is 10.2. The van der Waals surface area contributed by atoms with Crippen molar-refractivity contribution in [2.45, 2.75) is 23.4 Å². The molecule has 5 rings (SSSR count). The zero-order chi connectivity index (χ0) is 31.4. The number of ether oxygens (including phenoxy) is 4. The third kappa shape index (κ3) is 5.73. The number of amidine groups is 1. The molecule has 44 heavy (non-hydrogen) atoms. The van der Waals surface area contributed by atoms with E-state index in [4.69, 9.17) is 18.9 Å². The van der Waals surface area contributed by atoms with Gasteiger partial charge in [0.15, 0.2) is 12.1 Å². The Morgan fingerprint density at radius 2 is 1.41 bits per heavy atom. The van der Waals surface area contributed by atoms with E-state index < -0.39 is 35.1 Å². The number of aliphatic imine (C=N–C) groups is 1. The Hall–Kier alpha value is -4.09. The summed E-state index contributed by atoms with van der Waals surface area (Å²) in [5, 5.41) is 3.38. The van der Waals surface area contributed by atoms with Crippen molar-refractivity contribution in [1.29, 1.82) is 0 Å². The summed E-state index contributed by atoms with van der Waals surface area (Å²) in [7, 11) is 4.52. The van der Waals surface area contributed by atoms with Crippen LogP contribution in [0.25, 0.3) is 0 Å². The molecule has 0 bridgehead atoms. The number of benzene rings is 3. The minimum atomic E-state index is -3.64. The van der Waals surface area contributed by atoms with Crippen molar-refractivity contribution in [3.63, 3.8) is 0 Å². The van der Waals surface area contributed by atoms with Crippen molar-refractivity contribution in [2.24, 2.45) is 4.99 Å². The normalized spacial score (nSPS) is 17.8. The highest BCUT2D eigenvalue weighted by atomic mass is 79.9. The van der Waals surface area contributed by atoms with E-state index in [1.54, 1.807) is 38.5 Å². The van der Waals surface area contributed by atoms with E-state index in [9.17, 15) is 0 Å². The van der Waals surface area contributed by atoms with Crippen molar-refractivity contribution in [2.75, 3.05) is 34.5 Å². The fraction of sp³-hybridized carbons (Fsp3) is 0.273. The fourth-order valence-corrected chi connectivity index (χ4v) is 5.73. The van der Waals surface area contributed by atoms with Gasteiger partial charge in [-0.25, -0.2) is 14.4 Å². The van der Waals surface area contributed by atoms with Gasteiger partial charge in [-0.1, -0.05) is 54.6 Å². The van der Waals surface area contributed by atoms with E-state index in [0.29, 0.717) is 11.5 Å². The lowest BCUT2D eigenvalue weighted by molar-refractivity contribution is -0.132. The Bertz CT molecular complexity index is 1560. The molecule has 0 spiro atoms. The molecule has 0 saturated heterocycles. The minimum absolute atomic E-state index is 0.138. The molecule has 0 fully saturated rings. The largest absolute Gasteiger partial charge is 0.497 e. The molecule has 0 radical (unpaired) electrons. The molecule has 11 heteroatoms. The number of methoxy groups -OCH3 is 3. The van der Waals surface area contributed by atoms with Crippen LogP contribution in [-0.4, -0.2) is 51.5 Å². The third-order valence-electron chi connectivity index (χ3n) is 7.71. The summed E-state index contributed by atoms with van der Waals surface area (Å²) < 4.78 is 69.3. The first-order valence-corrected chi connectivity index (χ1v) is 14.5. The molecule has 1 N–H and O–H groups in total. The number of hydrogen-bond donors (Lipinski definition) is 1. The van der Waals surface area contributed by atoms with Gasteiger partial charge in [-0.15, -0.1) is 0 Å². The topological polar surface area (TPSA) is 74.2 Å². The second kappa shape index (κ2) is 12.9. The van der Waals surface area contributed by atoms with Crippen molar-refractivity contribution in [1.82, 2.24) is 10.3 Å². The monoisotopic (exact) mass is 669 g/mol. The van der Waals surface area contributed by atoms with Crippen LogP contribution in [0.15, 0.2) is 101 Å². The van der Waals surface area contributed by atoms with Gasteiger partial charge >= 0.3 is 5.92 Å². The van der Waals surface area contributed by atoms with Crippen molar-refractivity contribution < 1.29 is 32.1 Å². The van der Waals surface area contributed by atoms with Crippen molar-refractivity contribution >= 4 is 22.0 Å². The summed E-state index contributed by atoms with van der Waals surface area (Å²) in [6, 6.07) is 26.4. The van der Waals surface area contributed by atoms with Gasteiger partial charge in [0.2, 0.25) is 0 Å². The second-order valence-corrected chi connectivity index (χ2v) is 11.0. The van der Waals surface area contributed by atoms with E-state index in [0.717, 1.165) is 22.8 Å². The lowest BCUT2D eigenvalue weighted by Gasteiger charge is -2.43. The standard InChI is InChI=1S/C33H31BrF3N3O4/c1-41-20-19-31(29-27(35)17-18-28(34)38-29)32(36,37)21-44-30(39-31)40-33(22-7-5-4-6-8-22,23-9-13-25(42-2)14-10-23)24-11-15-26(43-3)16-12-24/h4-18H,19-21H2,1-3H3,(H,39,40)/t31-/m1/s1. The first-order chi connectivity index (χ1) is 21.2. The predicted octanol–water partition coefficient (Wildman–Crippen LogP) is 6.84. The van der Waals surface area contributed by atoms with Gasteiger partial charge in [-0.2, -0.15) is 8.78 Å². The molecule has 1 aliphatic heterocycles. The molecule has 0 unspecified atom stereocenters. The van der Waals surface area contributed by atoms with Crippen molar-refractivity contribution in [3.05, 3.63) is 124 Å². The van der Waals surface area contributed by atoms with Crippen LogP contribution < -0.4 is 14.8 Å². The van der Waals surface area contributed by atoms with Crippen LogP contribution in [0.1, 0.15) is 28.8 Å². The zero-order valence-corrected chi connectivity index (χ0v) is 25.9. The van der Waals surface area contributed by atoms with Crippen LogP contribution in [0.5, 0.6) is 11.5 Å². The summed E-state index contributed by atoms with van der Waals surface area (Å²) in [6.45, 7) is -1.22. The maximum absolute atomic E-state index is 16.0. The van der Waals surface area contributed by atoms with Crippen LogP contribution in [0.4, 0.5) is 13.2 Å². The maximum atomic E-state index is 16.0. The van der Waals surface area contributed by atoms with Gasteiger partial charge in [0.25, 0.3) is 6.02 Å². The predicted molar refractivity (Wildman–Crippen MR) is 164 cm³/mol. The highest BCUT2D eigenvalue weighted by Crippen LogP contribution is 2.48. The summed E-state index contributed by atoms with van der Waals surface area (Å²) in [4.78, 5) is 8.63. The molecular formula is C33H31BrF3N3O4. The van der Waals surface area contributed by atoms with Gasteiger partial charge in [0.1, 0.15) is 33.2 Å². The number of hydrogen-bond acceptors (Lipinski definition) is 7. The molecule has 0 saturated carbocycles. The lowest BCUT2D eigenvalue weighted by atomic mass is 9.77. The molecule has 4 aromatic rings. The van der Waals surface area contributed by atoms with Crippen molar-refractivity contribution in [3.8, 4) is 11.5 Å². The Morgan fingerprint density at radius 1 is 0.841 bits per heavy atom. The van der Waals surface area contributed by atoms with Gasteiger partial charge in [-0.3, -0.25) is 0 Å². The number of rotatable bonds is 10. The highest BCUT2D eigenvalue weighted by molar-refractivity contribution is 9.10. The molecule has 1 aromatic heterocycles. The molecule has 230 valence electrons. The SMILES string of the molecule is COCC[C@]1(c2nc(Br)ccc2F)N=C(NC(c2ccccc2)(c2ccc(OC)cc2)c2ccc(OC)cc2)OCC1(F)F. The summed E-state index contributed by atoms with van der Waals surface area (Å²) >= 11 is 3.20. The number of alkyl halides is 2. The van der Waals surface area contributed by atoms with Crippen LogP contribution in [0.2, 0.25) is 0 Å². The average molecular weight is 671 g/mol. The number of aromatic nitrogens is 1. The molecule has 3 aromatic carbocycles. The van der Waals surface area contributed by atoms with Crippen LogP contribution in [-0.2, 0) is 20.6 Å². The highest BCUT2D eigenvalue weighted by Gasteiger charge is 2.61. The van der Waals surface area contributed by atoms with E-state index in [1.807, 2.05) is 54.6 Å². The molecule has 7 nitrogen and oxygen atoms in total. The molecule has 0 amide bonds. The Balaban J connectivity index is 1.78. The number of nitrogens with zero attached hydrogens (tertiary/aromatic N) is 2. The average Bonchev–Trinajstić information content (AvgIpc) is 3.05. The number of pyridine rings is 1. The quantitative estimate of drug-likeness (QED) is 0.147. The molecule has 2 heterocycles. The van der Waals surface area contributed by atoms with E-state index in [1.165, 1.54) is 13.2 Å². The lowest BCUT2D eigenvalue weighted by Crippen LogP contribution is -2.57. The summed E-state index contributed by atoms with van der Waals surface area (Å²) in [6.07, 6.45) is -0.366. The van der Waals surface area contributed by atoms with Crippen LogP contribution in [0.3, 0.4) is 0 Å². The number of halogens is 4. The zero-order valence-electron chi connectivity index (χ0n) is 24.3. The fourth-order valence-electron chi connectivity index (χ4n) is 5.42. The van der Waals surface area contributed by atoms with Gasteiger partial charge < -0.3 is 24.3 Å². The van der Waals surface area contributed by atoms with Gasteiger partial charge in [0, 0.05) is 20.1 Å². The van der Waals surface area contributed by atoms with E-state index >= 15 is 13.2 Å². The Kier molecular flexibility index (Phi) is 9.17. The summed E-state index contributed by atoms with van der Waals surface area (Å²) in [5.74, 6) is -3.30. The molecule has 1 aliphatic rings. The van der Waals surface area contributed by atoms with Gasteiger partial charge in [0.05, 0.1) is 14.2 Å². The minimum Gasteiger partial charge on any atom is -0.497 e. The Labute approximate surface area is 262 Å². The van der Waals surface area contributed by atoms with Crippen LogP contribution >= 0.6 is 15.9 Å². The first kappa shape index (κ1) is 31.3. The molecule has 0 aliphatic carbocycles. The Morgan fingerprint density at radius 3 is 1.95 bits per heavy atom.